The third-order valence-electron chi connectivity index (χ3n) is 6.85. The standard InChI is InChI=1S/C27H37N3O4/c1-3-5-17-28-25(32)23(4-2)29(18-15-20-11-7-6-8-12-20)24(31)16-19-30-26(33)21-13-9-10-14-22(21)27(30)34/h6-12,21-23H,3-5,13-19H2,1-2H3,(H,28,32)/t21-,22+,23?. The second kappa shape index (κ2) is 12.5. The van der Waals surface area contributed by atoms with Crippen LogP contribution in [0.4, 0.5) is 0 Å². The summed E-state index contributed by atoms with van der Waals surface area (Å²) in [6.07, 6.45) is 8.08. The number of amides is 4. The fourth-order valence-electron chi connectivity index (χ4n) is 4.84. The van der Waals surface area contributed by atoms with Gasteiger partial charge in [-0.15, -0.1) is 0 Å². The number of nitrogens with one attached hydrogen (secondary N) is 1. The lowest BCUT2D eigenvalue weighted by Crippen LogP contribution is -2.51. The van der Waals surface area contributed by atoms with Crippen molar-refractivity contribution < 1.29 is 19.2 Å². The number of nitrogens with zero attached hydrogens (tertiary/aromatic N) is 2. The van der Waals surface area contributed by atoms with Crippen molar-refractivity contribution in [3.63, 3.8) is 0 Å². The number of carbonyl (C=O) groups is 4. The molecule has 1 aromatic rings. The number of benzene rings is 1. The Labute approximate surface area is 202 Å². The fraction of sp³-hybridized carbons (Fsp3) is 0.556. The number of hydrogen-bond donors (Lipinski definition) is 1. The predicted molar refractivity (Wildman–Crippen MR) is 131 cm³/mol. The zero-order valence-electron chi connectivity index (χ0n) is 20.4. The van der Waals surface area contributed by atoms with Gasteiger partial charge in [-0.1, -0.05) is 62.8 Å². The van der Waals surface area contributed by atoms with E-state index in [0.717, 1.165) is 18.4 Å². The summed E-state index contributed by atoms with van der Waals surface area (Å²) in [5.74, 6) is -1.30. The van der Waals surface area contributed by atoms with Crippen molar-refractivity contribution in [2.75, 3.05) is 19.6 Å². The van der Waals surface area contributed by atoms with Crippen molar-refractivity contribution in [3.05, 3.63) is 48.0 Å². The maximum Gasteiger partial charge on any atom is 0.242 e. The van der Waals surface area contributed by atoms with Crippen LogP contribution in [0.1, 0.15) is 57.9 Å². The topological polar surface area (TPSA) is 86.8 Å². The molecule has 1 aliphatic heterocycles. The molecule has 7 heteroatoms. The molecule has 184 valence electrons. The summed E-state index contributed by atoms with van der Waals surface area (Å²) in [5, 5.41) is 2.95. The molecule has 3 atom stereocenters. The number of unbranched alkanes of at least 4 members (excludes halogenated alkanes) is 1. The molecule has 7 nitrogen and oxygen atoms in total. The van der Waals surface area contributed by atoms with Gasteiger partial charge in [-0.25, -0.2) is 0 Å². The number of imide groups is 1. The smallest absolute Gasteiger partial charge is 0.242 e. The molecule has 1 fully saturated rings. The molecule has 2 aliphatic rings. The van der Waals surface area contributed by atoms with E-state index < -0.39 is 6.04 Å². The lowest BCUT2D eigenvalue weighted by Gasteiger charge is -2.31. The van der Waals surface area contributed by atoms with Gasteiger partial charge in [-0.05, 0) is 37.7 Å². The molecular formula is C27H37N3O4. The summed E-state index contributed by atoms with van der Waals surface area (Å²) in [6.45, 7) is 5.02. The number of carbonyl (C=O) groups excluding carboxylic acids is 4. The molecule has 0 spiro atoms. The summed E-state index contributed by atoms with van der Waals surface area (Å²) in [7, 11) is 0. The molecule has 1 heterocycles. The van der Waals surface area contributed by atoms with Crippen LogP contribution >= 0.6 is 0 Å². The number of rotatable bonds is 12. The second-order valence-corrected chi connectivity index (χ2v) is 9.13. The largest absolute Gasteiger partial charge is 0.354 e. The fourth-order valence-corrected chi connectivity index (χ4v) is 4.84. The van der Waals surface area contributed by atoms with Crippen LogP contribution in [0.25, 0.3) is 0 Å². The van der Waals surface area contributed by atoms with Gasteiger partial charge in [0.05, 0.1) is 11.8 Å². The highest BCUT2D eigenvalue weighted by Gasteiger charge is 2.47. The van der Waals surface area contributed by atoms with Gasteiger partial charge in [0.2, 0.25) is 23.6 Å². The minimum absolute atomic E-state index is 0.0257. The summed E-state index contributed by atoms with van der Waals surface area (Å²) >= 11 is 0. The third kappa shape index (κ3) is 6.13. The van der Waals surface area contributed by atoms with Crippen LogP contribution in [0, 0.1) is 11.8 Å². The van der Waals surface area contributed by atoms with Gasteiger partial charge in [-0.2, -0.15) is 0 Å². The predicted octanol–water partition coefficient (Wildman–Crippen LogP) is 3.09. The van der Waals surface area contributed by atoms with Crippen molar-refractivity contribution >= 4 is 23.6 Å². The van der Waals surface area contributed by atoms with Gasteiger partial charge in [0, 0.05) is 26.1 Å². The Bertz CT molecular complexity index is 872. The van der Waals surface area contributed by atoms with Crippen molar-refractivity contribution in [2.24, 2.45) is 11.8 Å². The number of hydrogen-bond acceptors (Lipinski definition) is 4. The summed E-state index contributed by atoms with van der Waals surface area (Å²) in [5.41, 5.74) is 1.09. The average Bonchev–Trinajstić information content (AvgIpc) is 3.10. The van der Waals surface area contributed by atoms with Crippen LogP contribution in [0.2, 0.25) is 0 Å². The summed E-state index contributed by atoms with van der Waals surface area (Å²) in [6, 6.07) is 9.28. The lowest BCUT2D eigenvalue weighted by atomic mass is 9.85. The SMILES string of the molecule is CCCCNC(=O)C(CC)N(CCc1ccccc1)C(=O)CCN1C(=O)[C@H]2CC=CC[C@H]2C1=O. The van der Waals surface area contributed by atoms with Crippen molar-refractivity contribution in [1.29, 1.82) is 0 Å². The van der Waals surface area contributed by atoms with Crippen molar-refractivity contribution in [2.45, 2.75) is 64.8 Å². The minimum atomic E-state index is -0.579. The number of allylic oxidation sites excluding steroid dienone is 2. The zero-order chi connectivity index (χ0) is 24.5. The van der Waals surface area contributed by atoms with E-state index in [4.69, 9.17) is 0 Å². The lowest BCUT2D eigenvalue weighted by molar-refractivity contribution is -0.143. The monoisotopic (exact) mass is 467 g/mol. The molecule has 1 N–H and O–H groups in total. The first-order chi connectivity index (χ1) is 16.5. The van der Waals surface area contributed by atoms with Crippen LogP contribution in [0.5, 0.6) is 0 Å². The van der Waals surface area contributed by atoms with Gasteiger partial charge >= 0.3 is 0 Å². The Kier molecular flexibility index (Phi) is 9.42. The quantitative estimate of drug-likeness (QED) is 0.291. The van der Waals surface area contributed by atoms with Gasteiger partial charge in [0.1, 0.15) is 6.04 Å². The molecule has 34 heavy (non-hydrogen) atoms. The Morgan fingerprint density at radius 1 is 1.06 bits per heavy atom. The zero-order valence-corrected chi connectivity index (χ0v) is 20.4. The van der Waals surface area contributed by atoms with E-state index in [2.05, 4.69) is 12.2 Å². The highest BCUT2D eigenvalue weighted by molar-refractivity contribution is 6.05. The van der Waals surface area contributed by atoms with E-state index in [-0.39, 0.29) is 48.4 Å². The first-order valence-corrected chi connectivity index (χ1v) is 12.6. The molecule has 1 aliphatic carbocycles. The highest BCUT2D eigenvalue weighted by Crippen LogP contribution is 2.35. The molecule has 4 amide bonds. The van der Waals surface area contributed by atoms with Gasteiger partial charge in [-0.3, -0.25) is 24.1 Å². The molecule has 0 radical (unpaired) electrons. The second-order valence-electron chi connectivity index (χ2n) is 9.13. The minimum Gasteiger partial charge on any atom is -0.354 e. The van der Waals surface area contributed by atoms with Crippen LogP contribution in [-0.2, 0) is 25.6 Å². The molecule has 0 aromatic heterocycles. The Morgan fingerprint density at radius 2 is 1.71 bits per heavy atom. The van der Waals surface area contributed by atoms with Crippen LogP contribution in [-0.4, -0.2) is 59.1 Å². The van der Waals surface area contributed by atoms with Crippen LogP contribution in [0.3, 0.4) is 0 Å². The molecular weight excluding hydrogens is 430 g/mol. The molecule has 0 bridgehead atoms. The summed E-state index contributed by atoms with van der Waals surface area (Å²) < 4.78 is 0. The van der Waals surface area contributed by atoms with E-state index in [0.29, 0.717) is 38.8 Å². The van der Waals surface area contributed by atoms with Gasteiger partial charge in [0.15, 0.2) is 0 Å². The average molecular weight is 468 g/mol. The van der Waals surface area contributed by atoms with E-state index >= 15 is 0 Å². The third-order valence-corrected chi connectivity index (χ3v) is 6.85. The van der Waals surface area contributed by atoms with E-state index in [9.17, 15) is 19.2 Å². The highest BCUT2D eigenvalue weighted by atomic mass is 16.2. The van der Waals surface area contributed by atoms with Gasteiger partial charge in [0.25, 0.3) is 0 Å². The summed E-state index contributed by atoms with van der Waals surface area (Å²) in [4.78, 5) is 54.7. The molecule has 0 saturated carbocycles. The first-order valence-electron chi connectivity index (χ1n) is 12.6. The van der Waals surface area contributed by atoms with E-state index in [1.165, 1.54) is 4.90 Å². The number of fused-ring (bicyclic) bond motifs is 1. The molecule has 1 unspecified atom stereocenters. The Hall–Kier alpha value is -2.96. The van der Waals surface area contributed by atoms with Crippen molar-refractivity contribution in [3.8, 4) is 0 Å². The van der Waals surface area contributed by atoms with Crippen molar-refractivity contribution in [1.82, 2.24) is 15.1 Å². The Morgan fingerprint density at radius 3 is 2.29 bits per heavy atom. The first kappa shape index (κ1) is 25.7. The maximum absolute atomic E-state index is 13.4. The normalized spacial score (nSPS) is 20.2. The maximum atomic E-state index is 13.4. The van der Waals surface area contributed by atoms with Crippen LogP contribution < -0.4 is 5.32 Å². The Balaban J connectivity index is 1.68. The molecule has 1 saturated heterocycles. The van der Waals surface area contributed by atoms with E-state index in [1.54, 1.807) is 4.90 Å². The molecule has 1 aromatic carbocycles. The number of likely N-dealkylation sites (tertiary alicyclic amines) is 1. The van der Waals surface area contributed by atoms with Crippen LogP contribution in [0.15, 0.2) is 42.5 Å². The molecule has 3 rings (SSSR count). The van der Waals surface area contributed by atoms with E-state index in [1.807, 2.05) is 49.4 Å². The van der Waals surface area contributed by atoms with Gasteiger partial charge < -0.3 is 10.2 Å².